The van der Waals surface area contributed by atoms with Gasteiger partial charge in [0.25, 0.3) is 0 Å². The summed E-state index contributed by atoms with van der Waals surface area (Å²) in [6.45, 7) is 11.3. The molecule has 0 bridgehead atoms. The molecule has 1 aliphatic carbocycles. The second-order valence-corrected chi connectivity index (χ2v) is 17.7. The van der Waals surface area contributed by atoms with Crippen molar-refractivity contribution >= 4 is 40.4 Å². The van der Waals surface area contributed by atoms with Gasteiger partial charge in [0.2, 0.25) is 0 Å². The average molecular weight is 576 g/mol. The van der Waals surface area contributed by atoms with Gasteiger partial charge in [-0.3, -0.25) is 4.98 Å². The van der Waals surface area contributed by atoms with Crippen molar-refractivity contribution < 1.29 is 14.3 Å². The van der Waals surface area contributed by atoms with Crippen LogP contribution in [0.1, 0.15) is 53.2 Å². The first-order valence-corrected chi connectivity index (χ1v) is 17.0. The van der Waals surface area contributed by atoms with E-state index in [1.54, 1.807) is 0 Å². The SMILES string of the molecule is CC(C)(O)Cc1ccc2cc(O[Si](c3ccccc3)(c3ccccc3)C(C)(C)C)c3ccc(OCC4CC4)cc3c2n1. The number of ether oxygens (including phenoxy) is 1. The predicted molar refractivity (Wildman–Crippen MR) is 176 cm³/mol. The van der Waals surface area contributed by atoms with E-state index < -0.39 is 13.9 Å². The highest BCUT2D eigenvalue weighted by Crippen LogP contribution is 2.42. The third kappa shape index (κ3) is 5.68. The summed E-state index contributed by atoms with van der Waals surface area (Å²) >= 11 is 0. The largest absolute Gasteiger partial charge is 0.534 e. The summed E-state index contributed by atoms with van der Waals surface area (Å²) in [4.78, 5) is 5.08. The molecule has 42 heavy (non-hydrogen) atoms. The van der Waals surface area contributed by atoms with E-state index in [0.717, 1.165) is 45.5 Å². The van der Waals surface area contributed by atoms with Crippen LogP contribution in [-0.4, -0.2) is 30.6 Å². The minimum absolute atomic E-state index is 0.168. The van der Waals surface area contributed by atoms with Crippen LogP contribution >= 0.6 is 0 Å². The number of aliphatic hydroxyl groups is 1. The van der Waals surface area contributed by atoms with E-state index in [4.69, 9.17) is 14.1 Å². The van der Waals surface area contributed by atoms with E-state index in [9.17, 15) is 5.11 Å². The van der Waals surface area contributed by atoms with Gasteiger partial charge in [-0.05, 0) is 78.4 Å². The van der Waals surface area contributed by atoms with Crippen LogP contribution in [0, 0.1) is 5.92 Å². The Kier molecular flexibility index (Phi) is 7.36. The fraction of sp³-hybridized carbons (Fsp3) is 0.324. The van der Waals surface area contributed by atoms with Gasteiger partial charge in [0.1, 0.15) is 11.5 Å². The smallest absolute Gasteiger partial charge is 0.319 e. The van der Waals surface area contributed by atoms with E-state index in [-0.39, 0.29) is 5.04 Å². The lowest BCUT2D eigenvalue weighted by Crippen LogP contribution is -2.68. The monoisotopic (exact) mass is 575 g/mol. The topological polar surface area (TPSA) is 51.6 Å². The first-order valence-electron chi connectivity index (χ1n) is 15.1. The van der Waals surface area contributed by atoms with Crippen molar-refractivity contribution in [3.63, 3.8) is 0 Å². The summed E-state index contributed by atoms with van der Waals surface area (Å²) in [6, 6.07) is 34.1. The normalized spacial score (nSPS) is 14.3. The van der Waals surface area contributed by atoms with Crippen molar-refractivity contribution in [2.75, 3.05) is 6.61 Å². The van der Waals surface area contributed by atoms with E-state index in [0.29, 0.717) is 12.3 Å². The van der Waals surface area contributed by atoms with Crippen molar-refractivity contribution in [2.45, 2.75) is 64.5 Å². The summed E-state index contributed by atoms with van der Waals surface area (Å²) in [7, 11) is -2.86. The van der Waals surface area contributed by atoms with E-state index in [2.05, 4.69) is 112 Å². The van der Waals surface area contributed by atoms with Crippen molar-refractivity contribution in [3.05, 3.63) is 103 Å². The molecule has 1 heterocycles. The molecule has 1 saturated carbocycles. The number of aromatic nitrogens is 1. The van der Waals surface area contributed by atoms with E-state index in [1.165, 1.54) is 23.2 Å². The maximum Gasteiger partial charge on any atom is 0.319 e. The molecular formula is C37H41NO3Si. The maximum atomic E-state index is 10.5. The molecule has 0 unspecified atom stereocenters. The van der Waals surface area contributed by atoms with Crippen LogP contribution in [0.2, 0.25) is 5.04 Å². The minimum Gasteiger partial charge on any atom is -0.534 e. The fourth-order valence-corrected chi connectivity index (χ4v) is 10.5. The Hall–Kier alpha value is -3.67. The third-order valence-corrected chi connectivity index (χ3v) is 13.2. The highest BCUT2D eigenvalue weighted by atomic mass is 28.4. The average Bonchev–Trinajstić information content (AvgIpc) is 3.79. The molecule has 0 aliphatic heterocycles. The molecule has 4 nitrogen and oxygen atoms in total. The number of rotatable bonds is 9. The number of hydrogen-bond acceptors (Lipinski definition) is 4. The molecule has 0 saturated heterocycles. The van der Waals surface area contributed by atoms with Crippen LogP contribution < -0.4 is 19.5 Å². The zero-order valence-electron chi connectivity index (χ0n) is 25.4. The Balaban J connectivity index is 1.58. The van der Waals surface area contributed by atoms with Crippen LogP contribution in [0.3, 0.4) is 0 Å². The quantitative estimate of drug-likeness (QED) is 0.147. The Labute approximate surface area is 250 Å². The third-order valence-electron chi connectivity index (χ3n) is 8.26. The van der Waals surface area contributed by atoms with Gasteiger partial charge in [-0.1, -0.05) is 87.5 Å². The van der Waals surface area contributed by atoms with Gasteiger partial charge in [0.15, 0.2) is 0 Å². The van der Waals surface area contributed by atoms with Crippen molar-refractivity contribution in [3.8, 4) is 11.5 Å². The lowest BCUT2D eigenvalue weighted by Gasteiger charge is -2.43. The van der Waals surface area contributed by atoms with Gasteiger partial charge >= 0.3 is 8.32 Å². The Bertz CT molecular complexity index is 1660. The number of hydrogen-bond donors (Lipinski definition) is 1. The molecule has 5 heteroatoms. The first kappa shape index (κ1) is 28.4. The second-order valence-electron chi connectivity index (χ2n) is 13.5. The van der Waals surface area contributed by atoms with Gasteiger partial charge in [-0.2, -0.15) is 0 Å². The minimum atomic E-state index is -2.86. The molecule has 4 aromatic carbocycles. The number of benzene rings is 4. The molecule has 1 aliphatic rings. The summed E-state index contributed by atoms with van der Waals surface area (Å²) < 4.78 is 13.8. The number of nitrogens with zero attached hydrogens (tertiary/aromatic N) is 1. The van der Waals surface area contributed by atoms with Gasteiger partial charge in [-0.15, -0.1) is 0 Å². The van der Waals surface area contributed by atoms with Gasteiger partial charge < -0.3 is 14.3 Å². The molecule has 1 aromatic heterocycles. The summed E-state index contributed by atoms with van der Waals surface area (Å²) in [5.74, 6) is 2.38. The number of pyridine rings is 1. The van der Waals surface area contributed by atoms with Crippen molar-refractivity contribution in [1.29, 1.82) is 0 Å². The Morgan fingerprint density at radius 2 is 1.43 bits per heavy atom. The zero-order valence-corrected chi connectivity index (χ0v) is 26.4. The Morgan fingerprint density at radius 1 is 0.786 bits per heavy atom. The van der Waals surface area contributed by atoms with Gasteiger partial charge in [-0.25, -0.2) is 0 Å². The second kappa shape index (κ2) is 10.9. The Morgan fingerprint density at radius 3 is 2.00 bits per heavy atom. The van der Waals surface area contributed by atoms with E-state index >= 15 is 0 Å². The summed E-state index contributed by atoms with van der Waals surface area (Å²) in [5.41, 5.74) is 0.918. The molecule has 216 valence electrons. The van der Waals surface area contributed by atoms with Crippen LogP contribution in [0.4, 0.5) is 0 Å². The van der Waals surface area contributed by atoms with Crippen LogP contribution in [-0.2, 0) is 6.42 Å². The van der Waals surface area contributed by atoms with E-state index in [1.807, 2.05) is 19.9 Å². The molecule has 0 radical (unpaired) electrons. The van der Waals surface area contributed by atoms with Crippen LogP contribution in [0.5, 0.6) is 11.5 Å². The molecule has 0 spiro atoms. The molecule has 0 amide bonds. The molecule has 5 aromatic rings. The van der Waals surface area contributed by atoms with Gasteiger partial charge in [0, 0.05) is 28.3 Å². The molecule has 1 fully saturated rings. The summed E-state index contributed by atoms with van der Waals surface area (Å²) in [6.07, 6.45) is 2.96. The van der Waals surface area contributed by atoms with Crippen molar-refractivity contribution in [1.82, 2.24) is 4.98 Å². The predicted octanol–water partition coefficient (Wildman–Crippen LogP) is 7.43. The lowest BCUT2D eigenvalue weighted by atomic mass is 10.0. The lowest BCUT2D eigenvalue weighted by molar-refractivity contribution is 0.0800. The molecular weight excluding hydrogens is 534 g/mol. The van der Waals surface area contributed by atoms with Crippen molar-refractivity contribution in [2.24, 2.45) is 5.92 Å². The zero-order chi connectivity index (χ0) is 29.5. The standard InChI is InChI=1S/C37H41NO3Si/c1-36(2,3)42(30-12-8-6-9-13-30,31-14-10-7-11-15-31)41-34-22-27-18-19-28(24-37(4,5)39)38-35(27)33-23-29(20-21-32(33)34)40-25-26-16-17-26/h6-15,18-23,26,39H,16-17,24-25H2,1-5H3. The fourth-order valence-electron chi connectivity index (χ4n) is 6.02. The van der Waals surface area contributed by atoms with Gasteiger partial charge in [0.05, 0.1) is 17.7 Å². The highest BCUT2D eigenvalue weighted by molar-refractivity contribution is 7.00. The number of fused-ring (bicyclic) bond motifs is 3. The first-order chi connectivity index (χ1) is 20.0. The molecule has 1 N–H and O–H groups in total. The van der Waals surface area contributed by atoms with Crippen LogP contribution in [0.15, 0.2) is 97.1 Å². The molecule has 0 atom stereocenters. The highest BCUT2D eigenvalue weighted by Gasteiger charge is 2.52. The van der Waals surface area contributed by atoms with Crippen LogP contribution in [0.25, 0.3) is 21.7 Å². The summed E-state index contributed by atoms with van der Waals surface area (Å²) in [5, 5.41) is 15.9. The maximum absolute atomic E-state index is 10.5. The molecule has 6 rings (SSSR count).